The number of Topliss-reactive ketones (excluding diaryl/α,β-unsaturated/α-hetero) is 1. The Labute approximate surface area is 290 Å². The number of rotatable bonds is 13. The molecule has 0 fully saturated rings. The average Bonchev–Trinajstić information content (AvgIpc) is 3.02. The van der Waals surface area contributed by atoms with Crippen molar-refractivity contribution in [1.29, 1.82) is 0 Å². The number of carbonyl (C=O) groups is 3. The summed E-state index contributed by atoms with van der Waals surface area (Å²) < 4.78 is 59.9. The number of nitrogens with zero attached hydrogens (tertiary/aromatic N) is 3. The summed E-state index contributed by atoms with van der Waals surface area (Å²) in [5, 5.41) is 8.07. The number of ether oxygens (including phenoxy) is 4. The predicted molar refractivity (Wildman–Crippen MR) is 176 cm³/mol. The Balaban J connectivity index is 1.60. The number of hydrogen-bond donors (Lipinski definition) is 0. The molecule has 15 heteroatoms. The Kier molecular flexibility index (Phi) is 11.6. The molecule has 0 N–H and O–H groups in total. The van der Waals surface area contributed by atoms with Crippen LogP contribution < -0.4 is 15.0 Å². The molecule has 0 amide bonds. The summed E-state index contributed by atoms with van der Waals surface area (Å²) in [6, 6.07) is 16.1. The van der Waals surface area contributed by atoms with Crippen molar-refractivity contribution in [2.45, 2.75) is 78.7 Å². The second kappa shape index (κ2) is 15.3. The second-order valence-corrected chi connectivity index (χ2v) is 13.1. The molecule has 4 aromatic rings. The van der Waals surface area contributed by atoms with Crippen LogP contribution in [0.4, 0.5) is 13.2 Å². The fourth-order valence-corrected chi connectivity index (χ4v) is 4.97. The molecule has 266 valence electrons. The summed E-state index contributed by atoms with van der Waals surface area (Å²) in [6.45, 7) is 7.58. The zero-order valence-electron chi connectivity index (χ0n) is 27.9. The van der Waals surface area contributed by atoms with Crippen LogP contribution in [0.25, 0.3) is 10.9 Å². The summed E-state index contributed by atoms with van der Waals surface area (Å²) in [5.74, 6) is -2.95. The van der Waals surface area contributed by atoms with Crippen molar-refractivity contribution in [3.05, 3.63) is 93.2 Å². The maximum atomic E-state index is 13.9. The summed E-state index contributed by atoms with van der Waals surface area (Å²) in [4.78, 5) is 54.6. The van der Waals surface area contributed by atoms with E-state index in [4.69, 9.17) is 25.8 Å². The molecule has 0 bridgehead atoms. The van der Waals surface area contributed by atoms with Crippen molar-refractivity contribution in [3.63, 3.8) is 0 Å². The molecule has 0 aliphatic heterocycles. The summed E-state index contributed by atoms with van der Waals surface area (Å²) >= 11 is 5.81. The number of ketones is 1. The summed E-state index contributed by atoms with van der Waals surface area (Å²) in [5.41, 5.74) is -2.93. The van der Waals surface area contributed by atoms with Crippen molar-refractivity contribution in [3.8, 4) is 11.5 Å². The van der Waals surface area contributed by atoms with E-state index in [0.29, 0.717) is 11.1 Å². The molecule has 0 aliphatic carbocycles. The van der Waals surface area contributed by atoms with E-state index in [1.807, 2.05) is 0 Å². The van der Waals surface area contributed by atoms with Crippen molar-refractivity contribution in [1.82, 2.24) is 15.0 Å². The zero-order valence-corrected chi connectivity index (χ0v) is 28.6. The van der Waals surface area contributed by atoms with Crippen LogP contribution >= 0.6 is 11.6 Å². The summed E-state index contributed by atoms with van der Waals surface area (Å²) in [6.07, 6.45) is -6.64. The fraction of sp³-hybridized carbons (Fsp3) is 0.371. The smallest absolute Gasteiger partial charge is 0.489 e. The maximum absolute atomic E-state index is 13.9. The van der Waals surface area contributed by atoms with Crippen LogP contribution in [-0.4, -0.2) is 50.8 Å². The number of carbonyl (C=O) groups excluding carboxylic acids is 3. The van der Waals surface area contributed by atoms with Gasteiger partial charge in [-0.25, -0.2) is 4.68 Å². The predicted octanol–water partition coefficient (Wildman–Crippen LogP) is 6.87. The lowest BCUT2D eigenvalue weighted by molar-refractivity contribution is -0.274. The van der Waals surface area contributed by atoms with Crippen LogP contribution in [0.15, 0.2) is 71.5 Å². The normalized spacial score (nSPS) is 13.1. The third kappa shape index (κ3) is 9.80. The highest BCUT2D eigenvalue weighted by Crippen LogP contribution is 2.36. The van der Waals surface area contributed by atoms with E-state index in [9.17, 15) is 32.3 Å². The monoisotopic (exact) mass is 717 g/mol. The Morgan fingerprint density at radius 1 is 0.940 bits per heavy atom. The van der Waals surface area contributed by atoms with Gasteiger partial charge in [-0.3, -0.25) is 19.2 Å². The number of benzene rings is 3. The van der Waals surface area contributed by atoms with Gasteiger partial charge in [0.1, 0.15) is 29.2 Å². The molecule has 0 saturated carbocycles. The second-order valence-electron chi connectivity index (χ2n) is 12.6. The highest BCUT2D eigenvalue weighted by molar-refractivity contribution is 6.32. The number of alkyl halides is 3. The molecular weight excluding hydrogens is 683 g/mol. The number of esters is 2. The van der Waals surface area contributed by atoms with Crippen LogP contribution in [0, 0.1) is 5.41 Å². The minimum Gasteiger partial charge on any atom is -0.489 e. The highest BCUT2D eigenvalue weighted by Gasteiger charge is 2.52. The Morgan fingerprint density at radius 2 is 1.62 bits per heavy atom. The Hall–Kier alpha value is -4.98. The number of fused-ring (bicyclic) bond motifs is 1. The topological polar surface area (TPSA) is 136 Å². The van der Waals surface area contributed by atoms with Gasteiger partial charge in [-0.1, -0.05) is 35.0 Å². The Morgan fingerprint density at radius 3 is 2.26 bits per heavy atom. The first-order valence-electron chi connectivity index (χ1n) is 15.4. The van der Waals surface area contributed by atoms with Crippen LogP contribution in [0.2, 0.25) is 5.02 Å². The first-order chi connectivity index (χ1) is 23.4. The molecule has 0 saturated heterocycles. The first-order valence-corrected chi connectivity index (χ1v) is 15.8. The van der Waals surface area contributed by atoms with Gasteiger partial charge in [0.15, 0.2) is 11.2 Å². The van der Waals surface area contributed by atoms with Crippen molar-refractivity contribution >= 4 is 40.2 Å². The van der Waals surface area contributed by atoms with Gasteiger partial charge in [0.25, 0.3) is 5.56 Å². The molecule has 11 nitrogen and oxygen atoms in total. The molecule has 1 unspecified atom stereocenters. The van der Waals surface area contributed by atoms with E-state index in [1.54, 1.807) is 58.9 Å². The standard InChI is InChI=1S/C35H35ClF3N3O8/c1-21(2)48-31(45)34(32(46)50-33(3,4)5,16-17-42-30(44)25-8-6-7-9-27(25)40-41-42)19-28(43)23-11-13-24(14-12-23)47-20-22-10-15-26(36)29(18-22)49-35(37,38)39/h6-15,18,21H,16-17,19-20H2,1-5H3. The first kappa shape index (κ1) is 37.8. The van der Waals surface area contributed by atoms with Gasteiger partial charge < -0.3 is 18.9 Å². The average molecular weight is 718 g/mol. The highest BCUT2D eigenvalue weighted by atomic mass is 35.5. The van der Waals surface area contributed by atoms with E-state index >= 15 is 0 Å². The zero-order chi connectivity index (χ0) is 36.9. The number of hydrogen-bond acceptors (Lipinski definition) is 10. The molecule has 1 heterocycles. The van der Waals surface area contributed by atoms with Crippen LogP contribution in [0.1, 0.15) is 63.4 Å². The summed E-state index contributed by atoms with van der Waals surface area (Å²) in [7, 11) is 0. The van der Waals surface area contributed by atoms with Crippen molar-refractivity contribution in [2.24, 2.45) is 5.41 Å². The lowest BCUT2D eigenvalue weighted by Crippen LogP contribution is -2.48. The molecule has 0 spiro atoms. The lowest BCUT2D eigenvalue weighted by Gasteiger charge is -2.33. The molecular formula is C35H35ClF3N3O8. The molecule has 3 aromatic carbocycles. The number of aromatic nitrogens is 3. The molecule has 50 heavy (non-hydrogen) atoms. The van der Waals surface area contributed by atoms with E-state index in [-0.39, 0.29) is 41.3 Å². The third-order valence-corrected chi connectivity index (χ3v) is 7.48. The third-order valence-electron chi connectivity index (χ3n) is 7.17. The van der Waals surface area contributed by atoms with Gasteiger partial charge in [0.2, 0.25) is 0 Å². The molecule has 4 rings (SSSR count). The minimum absolute atomic E-state index is 0.109. The van der Waals surface area contributed by atoms with E-state index in [1.165, 1.54) is 36.4 Å². The van der Waals surface area contributed by atoms with Crippen LogP contribution in [-0.2, 0) is 32.2 Å². The van der Waals surface area contributed by atoms with Gasteiger partial charge in [-0.05, 0) is 95.1 Å². The van der Waals surface area contributed by atoms with E-state index in [0.717, 1.165) is 10.7 Å². The fourth-order valence-electron chi connectivity index (χ4n) is 4.81. The number of halogens is 4. The molecule has 0 aliphatic rings. The molecule has 1 aromatic heterocycles. The lowest BCUT2D eigenvalue weighted by atomic mass is 9.78. The van der Waals surface area contributed by atoms with Gasteiger partial charge >= 0.3 is 18.3 Å². The molecule has 0 radical (unpaired) electrons. The van der Waals surface area contributed by atoms with Crippen LogP contribution in [0.5, 0.6) is 11.5 Å². The van der Waals surface area contributed by atoms with E-state index in [2.05, 4.69) is 15.0 Å². The van der Waals surface area contributed by atoms with Gasteiger partial charge in [0.05, 0.1) is 16.5 Å². The van der Waals surface area contributed by atoms with Gasteiger partial charge in [0, 0.05) is 18.5 Å². The molecule has 1 atom stereocenters. The number of aryl methyl sites for hydroxylation is 1. The van der Waals surface area contributed by atoms with E-state index < -0.39 is 58.9 Å². The maximum Gasteiger partial charge on any atom is 0.573 e. The largest absolute Gasteiger partial charge is 0.573 e. The van der Waals surface area contributed by atoms with Crippen molar-refractivity contribution < 1.29 is 46.5 Å². The Bertz CT molecular complexity index is 1920. The minimum atomic E-state index is -4.93. The quantitative estimate of drug-likeness (QED) is 0.0819. The van der Waals surface area contributed by atoms with Crippen LogP contribution in [0.3, 0.4) is 0 Å². The van der Waals surface area contributed by atoms with Crippen molar-refractivity contribution in [2.75, 3.05) is 0 Å². The van der Waals surface area contributed by atoms with Gasteiger partial charge in [-0.15, -0.1) is 18.3 Å². The SMILES string of the molecule is CC(C)OC(=O)C(CCn1nnc2ccccc2c1=O)(CC(=O)c1ccc(OCc2ccc(Cl)c(OC(F)(F)F)c2)cc1)C(=O)OC(C)(C)C. The van der Waals surface area contributed by atoms with Gasteiger partial charge in [-0.2, -0.15) is 0 Å².